The predicted molar refractivity (Wildman–Crippen MR) is 110 cm³/mol. The topological polar surface area (TPSA) is 72.2 Å². The summed E-state index contributed by atoms with van der Waals surface area (Å²) in [6.45, 7) is 2.57. The number of carbonyl (C=O) groups is 1. The number of nitrogens with one attached hydrogen (secondary N) is 1. The first-order valence-electron chi connectivity index (χ1n) is 8.47. The number of carbonyl (C=O) groups excluding carboxylic acids is 1. The van der Waals surface area contributed by atoms with E-state index < -0.39 is 0 Å². The van der Waals surface area contributed by atoms with Crippen LogP contribution in [-0.4, -0.2) is 31.0 Å². The van der Waals surface area contributed by atoms with Crippen LogP contribution < -0.4 is 5.32 Å². The number of thiophene rings is 2. The maximum atomic E-state index is 12.6. The maximum Gasteiger partial charge on any atom is 0.233 e. The van der Waals surface area contributed by atoms with Crippen molar-refractivity contribution in [3.63, 3.8) is 0 Å². The van der Waals surface area contributed by atoms with Gasteiger partial charge in [0.25, 0.3) is 0 Å². The lowest BCUT2D eigenvalue weighted by molar-refractivity contribution is -0.120. The second-order valence-corrected chi connectivity index (χ2v) is 8.96. The predicted octanol–water partition coefficient (Wildman–Crippen LogP) is 4.10. The van der Waals surface area contributed by atoms with Gasteiger partial charge in [-0.25, -0.2) is 0 Å². The molecule has 4 rings (SSSR count). The number of rotatable bonds is 7. The summed E-state index contributed by atoms with van der Waals surface area (Å²) in [5.41, 5.74) is 0.693. The largest absolute Gasteiger partial charge is 0.350 e. The Morgan fingerprint density at radius 3 is 2.78 bits per heavy atom. The number of nitrogens with zero attached hydrogens (tertiary/aromatic N) is 4. The molecule has 0 aliphatic carbocycles. The molecule has 27 heavy (non-hydrogen) atoms. The Morgan fingerprint density at radius 1 is 1.19 bits per heavy atom. The van der Waals surface area contributed by atoms with Crippen molar-refractivity contribution in [3.05, 3.63) is 52.0 Å². The van der Waals surface area contributed by atoms with Gasteiger partial charge in [-0.2, -0.15) is 9.61 Å². The summed E-state index contributed by atoms with van der Waals surface area (Å²) < 4.78 is 1.74. The lowest BCUT2D eigenvalue weighted by atomic mass is 10.3. The van der Waals surface area contributed by atoms with Crippen molar-refractivity contribution in [3.8, 4) is 10.7 Å². The van der Waals surface area contributed by atoms with E-state index in [1.807, 2.05) is 54.1 Å². The lowest BCUT2D eigenvalue weighted by Crippen LogP contribution is -2.31. The van der Waals surface area contributed by atoms with Gasteiger partial charge in [0, 0.05) is 4.88 Å². The zero-order chi connectivity index (χ0) is 18.6. The number of hydrogen-bond acceptors (Lipinski definition) is 7. The highest BCUT2D eigenvalue weighted by atomic mass is 32.2. The van der Waals surface area contributed by atoms with Crippen LogP contribution in [0.25, 0.3) is 16.3 Å². The lowest BCUT2D eigenvalue weighted by Gasteiger charge is -2.14. The van der Waals surface area contributed by atoms with Crippen molar-refractivity contribution in [2.75, 3.05) is 0 Å². The molecule has 0 spiro atoms. The molecule has 4 heterocycles. The first-order chi connectivity index (χ1) is 13.2. The van der Waals surface area contributed by atoms with E-state index in [-0.39, 0.29) is 11.2 Å². The summed E-state index contributed by atoms with van der Waals surface area (Å²) >= 11 is 4.70. The summed E-state index contributed by atoms with van der Waals surface area (Å²) in [5, 5.41) is 20.7. The summed E-state index contributed by atoms with van der Waals surface area (Å²) in [6, 6.07) is 11.8. The Bertz CT molecular complexity index is 1030. The molecule has 6 nitrogen and oxygen atoms in total. The Kier molecular flexibility index (Phi) is 5.51. The summed E-state index contributed by atoms with van der Waals surface area (Å²) in [6.07, 6.45) is 0.723. The zero-order valence-electron chi connectivity index (χ0n) is 14.5. The molecular formula is C18H17N5OS3. The number of aromatic nitrogens is 4. The molecule has 1 atom stereocenters. The van der Waals surface area contributed by atoms with E-state index in [0.29, 0.717) is 12.2 Å². The standard InChI is InChI=1S/C18H17N5OS3/c1-2-13(18(24)19-11-12-5-3-9-25-12)27-16-8-7-15-20-21-17(23(15)22-16)14-6-4-10-26-14/h3-10,13H,2,11H2,1H3,(H,19,24)/t13-/m1/s1. The van der Waals surface area contributed by atoms with Crippen LogP contribution in [0.1, 0.15) is 18.2 Å². The van der Waals surface area contributed by atoms with Gasteiger partial charge in [0.05, 0.1) is 16.7 Å². The average Bonchev–Trinajstić information content (AvgIpc) is 3.45. The molecule has 4 aromatic heterocycles. The molecule has 0 aliphatic heterocycles. The molecule has 9 heteroatoms. The van der Waals surface area contributed by atoms with Crippen LogP contribution in [0.5, 0.6) is 0 Å². The van der Waals surface area contributed by atoms with Crippen LogP contribution in [0.3, 0.4) is 0 Å². The van der Waals surface area contributed by atoms with Crippen molar-refractivity contribution in [2.45, 2.75) is 30.2 Å². The molecule has 0 bridgehead atoms. The monoisotopic (exact) mass is 415 g/mol. The van der Waals surface area contributed by atoms with Gasteiger partial charge >= 0.3 is 0 Å². The minimum atomic E-state index is -0.198. The molecule has 4 aromatic rings. The van der Waals surface area contributed by atoms with Crippen molar-refractivity contribution in [1.29, 1.82) is 0 Å². The van der Waals surface area contributed by atoms with Crippen molar-refractivity contribution in [1.82, 2.24) is 25.1 Å². The number of amides is 1. The van der Waals surface area contributed by atoms with E-state index in [2.05, 4.69) is 20.6 Å². The van der Waals surface area contributed by atoms with Crippen LogP contribution in [0.4, 0.5) is 0 Å². The fraction of sp³-hybridized carbons (Fsp3) is 0.222. The van der Waals surface area contributed by atoms with Crippen LogP contribution in [0.2, 0.25) is 0 Å². The van der Waals surface area contributed by atoms with Crippen molar-refractivity contribution in [2.24, 2.45) is 0 Å². The maximum absolute atomic E-state index is 12.6. The van der Waals surface area contributed by atoms with Gasteiger partial charge in [0.1, 0.15) is 5.03 Å². The number of fused-ring (bicyclic) bond motifs is 1. The summed E-state index contributed by atoms with van der Waals surface area (Å²) in [7, 11) is 0. The smallest absolute Gasteiger partial charge is 0.233 e. The SMILES string of the molecule is CC[C@@H](Sc1ccc2nnc(-c3cccs3)n2n1)C(=O)NCc1cccs1. The van der Waals surface area contributed by atoms with E-state index >= 15 is 0 Å². The number of thioether (sulfide) groups is 1. The molecule has 0 saturated heterocycles. The molecule has 0 radical (unpaired) electrons. The molecule has 1 amide bonds. The summed E-state index contributed by atoms with van der Waals surface area (Å²) in [4.78, 5) is 14.7. The van der Waals surface area contributed by atoms with Crippen LogP contribution in [0.15, 0.2) is 52.2 Å². The highest BCUT2D eigenvalue weighted by Gasteiger charge is 2.19. The average molecular weight is 416 g/mol. The highest BCUT2D eigenvalue weighted by molar-refractivity contribution is 8.00. The van der Waals surface area contributed by atoms with Gasteiger partial charge < -0.3 is 5.32 Å². The van der Waals surface area contributed by atoms with Crippen LogP contribution in [-0.2, 0) is 11.3 Å². The molecule has 0 aliphatic rings. The molecule has 0 fully saturated rings. The first-order valence-corrected chi connectivity index (χ1v) is 11.1. The zero-order valence-corrected chi connectivity index (χ0v) is 17.0. The van der Waals surface area contributed by atoms with Crippen molar-refractivity contribution < 1.29 is 4.79 Å². The van der Waals surface area contributed by atoms with Crippen molar-refractivity contribution >= 4 is 46.0 Å². The molecule has 0 unspecified atom stereocenters. The quantitative estimate of drug-likeness (QED) is 0.460. The fourth-order valence-corrected chi connectivity index (χ4v) is 4.83. The normalized spacial score (nSPS) is 12.3. The minimum Gasteiger partial charge on any atom is -0.350 e. The van der Waals surface area contributed by atoms with E-state index in [0.717, 1.165) is 27.0 Å². The third-order valence-corrected chi connectivity index (χ3v) is 6.96. The fourth-order valence-electron chi connectivity index (χ4n) is 2.56. The first kappa shape index (κ1) is 18.1. The van der Waals surface area contributed by atoms with E-state index in [1.165, 1.54) is 11.8 Å². The van der Waals surface area contributed by atoms with Gasteiger partial charge in [-0.3, -0.25) is 4.79 Å². The van der Waals surface area contributed by atoms with Gasteiger partial charge in [-0.15, -0.1) is 32.9 Å². The summed E-state index contributed by atoms with van der Waals surface area (Å²) in [5.74, 6) is 0.748. The molecule has 138 valence electrons. The molecule has 0 saturated carbocycles. The van der Waals surface area contributed by atoms with E-state index in [1.54, 1.807) is 27.2 Å². The van der Waals surface area contributed by atoms with Crippen LogP contribution in [0, 0.1) is 0 Å². The molecule has 0 aromatic carbocycles. The van der Waals surface area contributed by atoms with E-state index in [9.17, 15) is 4.79 Å². The Labute approximate surface area is 168 Å². The second-order valence-electron chi connectivity index (χ2n) is 5.75. The third kappa shape index (κ3) is 4.05. The minimum absolute atomic E-state index is 0.0278. The van der Waals surface area contributed by atoms with Gasteiger partial charge in [0.15, 0.2) is 11.5 Å². The van der Waals surface area contributed by atoms with Crippen LogP contribution >= 0.6 is 34.4 Å². The molecular weight excluding hydrogens is 398 g/mol. The Hall–Kier alpha value is -2.23. The second kappa shape index (κ2) is 8.20. The van der Waals surface area contributed by atoms with E-state index in [4.69, 9.17) is 0 Å². The van der Waals surface area contributed by atoms with Gasteiger partial charge in [-0.1, -0.05) is 30.8 Å². The third-order valence-electron chi connectivity index (χ3n) is 3.92. The van der Waals surface area contributed by atoms with Gasteiger partial charge in [-0.05, 0) is 41.4 Å². The number of hydrogen-bond donors (Lipinski definition) is 1. The Balaban J connectivity index is 1.51. The molecule has 1 N–H and O–H groups in total. The van der Waals surface area contributed by atoms with Gasteiger partial charge in [0.2, 0.25) is 5.91 Å². The Morgan fingerprint density at radius 2 is 2.04 bits per heavy atom. The highest BCUT2D eigenvalue weighted by Crippen LogP contribution is 2.27.